The van der Waals surface area contributed by atoms with E-state index in [1.54, 1.807) is 49.4 Å². The van der Waals surface area contributed by atoms with Gasteiger partial charge in [-0.2, -0.15) is 0 Å². The number of ether oxygens (including phenoxy) is 1. The molecule has 6 nitrogen and oxygen atoms in total. The van der Waals surface area contributed by atoms with Gasteiger partial charge in [0.05, 0.1) is 10.5 Å². The predicted molar refractivity (Wildman–Crippen MR) is 129 cm³/mol. The van der Waals surface area contributed by atoms with E-state index in [-0.39, 0.29) is 23.5 Å². The topological polar surface area (TPSA) is 75.8 Å². The Labute approximate surface area is 200 Å². The molecular formula is C27H22F2N2O4. The summed E-state index contributed by atoms with van der Waals surface area (Å²) < 4.78 is 33.6. The lowest BCUT2D eigenvalue weighted by Crippen LogP contribution is -2.24. The molecule has 0 spiro atoms. The van der Waals surface area contributed by atoms with E-state index in [9.17, 15) is 24.0 Å². The maximum atomic E-state index is 14.5. The van der Waals surface area contributed by atoms with Crippen LogP contribution in [0.25, 0.3) is 0 Å². The molecule has 0 unspecified atom stereocenters. The molecule has 0 radical (unpaired) electrons. The molecule has 0 saturated heterocycles. The summed E-state index contributed by atoms with van der Waals surface area (Å²) in [7, 11) is 0. The zero-order valence-corrected chi connectivity index (χ0v) is 18.8. The molecule has 4 rings (SSSR count). The SMILES string of the molecule is Cc1c(N(Cc2ccc(Oc3cccc(O)c3)cc2)Cc2ccc(F)cc2F)cccc1[N+](=O)[O-]. The maximum absolute atomic E-state index is 14.5. The Hall–Kier alpha value is -4.46. The van der Waals surface area contributed by atoms with Crippen LogP contribution in [0, 0.1) is 28.7 Å². The van der Waals surface area contributed by atoms with Gasteiger partial charge in [0.2, 0.25) is 0 Å². The average Bonchev–Trinajstić information content (AvgIpc) is 2.81. The van der Waals surface area contributed by atoms with Crippen LogP contribution in [0.15, 0.2) is 84.9 Å². The molecule has 0 amide bonds. The molecule has 0 bridgehead atoms. The van der Waals surface area contributed by atoms with Gasteiger partial charge in [0.25, 0.3) is 5.69 Å². The van der Waals surface area contributed by atoms with E-state index >= 15 is 0 Å². The van der Waals surface area contributed by atoms with Gasteiger partial charge in [-0.05, 0) is 48.9 Å². The number of rotatable bonds is 8. The van der Waals surface area contributed by atoms with E-state index in [0.717, 1.165) is 11.6 Å². The number of nitro benzene ring substituents is 1. The smallest absolute Gasteiger partial charge is 0.274 e. The summed E-state index contributed by atoms with van der Waals surface area (Å²) in [6, 6.07) is 21.7. The Balaban J connectivity index is 1.62. The molecular weight excluding hydrogens is 454 g/mol. The van der Waals surface area contributed by atoms with Gasteiger partial charge in [0.15, 0.2) is 0 Å². The summed E-state index contributed by atoms with van der Waals surface area (Å²) in [6.07, 6.45) is 0. The highest BCUT2D eigenvalue weighted by Gasteiger charge is 2.19. The van der Waals surface area contributed by atoms with Crippen molar-refractivity contribution in [3.8, 4) is 17.2 Å². The third-order valence-electron chi connectivity index (χ3n) is 5.54. The van der Waals surface area contributed by atoms with Crippen LogP contribution in [0.3, 0.4) is 0 Å². The molecule has 1 N–H and O–H groups in total. The zero-order valence-electron chi connectivity index (χ0n) is 18.8. The first-order chi connectivity index (χ1) is 16.8. The summed E-state index contributed by atoms with van der Waals surface area (Å²) in [5.74, 6) is -0.227. The number of anilines is 1. The van der Waals surface area contributed by atoms with E-state index in [0.29, 0.717) is 29.3 Å². The van der Waals surface area contributed by atoms with Crippen LogP contribution in [-0.4, -0.2) is 10.0 Å². The Kier molecular flexibility index (Phi) is 6.91. The molecule has 178 valence electrons. The van der Waals surface area contributed by atoms with Crippen molar-refractivity contribution in [3.05, 3.63) is 123 Å². The van der Waals surface area contributed by atoms with Crippen molar-refractivity contribution in [1.82, 2.24) is 0 Å². The minimum Gasteiger partial charge on any atom is -0.508 e. The molecule has 35 heavy (non-hydrogen) atoms. The van der Waals surface area contributed by atoms with Gasteiger partial charge in [-0.1, -0.05) is 30.3 Å². The van der Waals surface area contributed by atoms with Crippen LogP contribution in [0.1, 0.15) is 16.7 Å². The number of nitrogens with zero attached hydrogens (tertiary/aromatic N) is 2. The number of aromatic hydroxyl groups is 1. The monoisotopic (exact) mass is 476 g/mol. The van der Waals surface area contributed by atoms with Crippen molar-refractivity contribution in [1.29, 1.82) is 0 Å². The molecule has 4 aromatic rings. The first-order valence-electron chi connectivity index (χ1n) is 10.8. The second-order valence-corrected chi connectivity index (χ2v) is 8.01. The highest BCUT2D eigenvalue weighted by molar-refractivity contribution is 5.62. The molecule has 0 aliphatic rings. The lowest BCUT2D eigenvalue weighted by atomic mass is 10.1. The molecule has 0 heterocycles. The van der Waals surface area contributed by atoms with Crippen LogP contribution in [0.2, 0.25) is 0 Å². The first-order valence-corrected chi connectivity index (χ1v) is 10.8. The van der Waals surface area contributed by atoms with Crippen LogP contribution in [-0.2, 0) is 13.1 Å². The number of benzene rings is 4. The van der Waals surface area contributed by atoms with E-state index in [1.165, 1.54) is 24.3 Å². The van der Waals surface area contributed by atoms with Gasteiger partial charge in [0, 0.05) is 42.5 Å². The van der Waals surface area contributed by atoms with Gasteiger partial charge in [0.1, 0.15) is 28.9 Å². The lowest BCUT2D eigenvalue weighted by molar-refractivity contribution is -0.385. The van der Waals surface area contributed by atoms with Crippen molar-refractivity contribution in [2.45, 2.75) is 20.0 Å². The van der Waals surface area contributed by atoms with Gasteiger partial charge >= 0.3 is 0 Å². The Bertz CT molecular complexity index is 1360. The van der Waals surface area contributed by atoms with Crippen molar-refractivity contribution in [2.24, 2.45) is 0 Å². The van der Waals surface area contributed by atoms with Crippen molar-refractivity contribution < 1.29 is 23.5 Å². The summed E-state index contributed by atoms with van der Waals surface area (Å²) in [5, 5.41) is 21.1. The largest absolute Gasteiger partial charge is 0.508 e. The number of halogens is 2. The fourth-order valence-corrected chi connectivity index (χ4v) is 3.80. The first kappa shape index (κ1) is 23.7. The highest BCUT2D eigenvalue weighted by Crippen LogP contribution is 2.31. The number of hydrogen-bond donors (Lipinski definition) is 1. The number of phenols is 1. The maximum Gasteiger partial charge on any atom is 0.274 e. The Morgan fingerprint density at radius 1 is 0.914 bits per heavy atom. The van der Waals surface area contributed by atoms with Gasteiger partial charge in [-0.15, -0.1) is 0 Å². The molecule has 0 atom stereocenters. The molecule has 0 aliphatic carbocycles. The number of hydrogen-bond acceptors (Lipinski definition) is 5. The minimum atomic E-state index is -0.687. The third-order valence-corrected chi connectivity index (χ3v) is 5.54. The second kappa shape index (κ2) is 10.2. The molecule has 0 fully saturated rings. The van der Waals surface area contributed by atoms with Crippen molar-refractivity contribution in [3.63, 3.8) is 0 Å². The molecule has 8 heteroatoms. The summed E-state index contributed by atoms with van der Waals surface area (Å²) in [4.78, 5) is 12.8. The quantitative estimate of drug-likeness (QED) is 0.221. The zero-order chi connectivity index (χ0) is 24.9. The van der Waals surface area contributed by atoms with E-state index in [4.69, 9.17) is 4.74 Å². The standard InChI is InChI=1S/C27H22F2N2O4/c1-18-26(6-3-7-27(18)31(33)34)30(17-20-10-11-21(28)14-25(20)29)16-19-8-12-23(13-9-19)35-24-5-2-4-22(32)15-24/h2-15,32H,16-17H2,1H3. The Morgan fingerprint density at radius 2 is 1.66 bits per heavy atom. The normalized spacial score (nSPS) is 10.7. The number of phenolic OH excluding ortho intramolecular Hbond substituents is 1. The van der Waals surface area contributed by atoms with E-state index in [1.807, 2.05) is 17.0 Å². The van der Waals surface area contributed by atoms with Crippen LogP contribution in [0.5, 0.6) is 17.2 Å². The Morgan fingerprint density at radius 3 is 2.34 bits per heavy atom. The summed E-state index contributed by atoms with van der Waals surface area (Å²) in [5.41, 5.74) is 2.09. The van der Waals surface area contributed by atoms with Crippen LogP contribution >= 0.6 is 0 Å². The van der Waals surface area contributed by atoms with Crippen molar-refractivity contribution >= 4 is 11.4 Å². The molecule has 0 aliphatic heterocycles. The van der Waals surface area contributed by atoms with Crippen LogP contribution < -0.4 is 9.64 Å². The minimum absolute atomic E-state index is 0.0399. The fraction of sp³-hybridized carbons (Fsp3) is 0.111. The van der Waals surface area contributed by atoms with Gasteiger partial charge in [-0.25, -0.2) is 8.78 Å². The second-order valence-electron chi connectivity index (χ2n) is 8.01. The molecule has 0 aromatic heterocycles. The third kappa shape index (κ3) is 5.73. The van der Waals surface area contributed by atoms with E-state index < -0.39 is 16.6 Å². The fourth-order valence-electron chi connectivity index (χ4n) is 3.80. The van der Waals surface area contributed by atoms with Crippen molar-refractivity contribution in [2.75, 3.05) is 4.90 Å². The van der Waals surface area contributed by atoms with E-state index in [2.05, 4.69) is 0 Å². The summed E-state index contributed by atoms with van der Waals surface area (Å²) in [6.45, 7) is 2.04. The average molecular weight is 476 g/mol. The van der Waals surface area contributed by atoms with Gasteiger partial charge in [-0.3, -0.25) is 10.1 Å². The van der Waals surface area contributed by atoms with Gasteiger partial charge < -0.3 is 14.7 Å². The summed E-state index contributed by atoms with van der Waals surface area (Å²) >= 11 is 0. The number of nitro groups is 1. The lowest BCUT2D eigenvalue weighted by Gasteiger charge is -2.27. The van der Waals surface area contributed by atoms with Crippen LogP contribution in [0.4, 0.5) is 20.2 Å². The predicted octanol–water partition coefficient (Wildman–Crippen LogP) is 6.89. The molecule has 0 saturated carbocycles. The highest BCUT2D eigenvalue weighted by atomic mass is 19.1. The molecule has 4 aromatic carbocycles.